The number of non-ortho nitro benzene ring substituents is 1. The van der Waals surface area contributed by atoms with Gasteiger partial charge in [0.05, 0.1) is 27.2 Å². The summed E-state index contributed by atoms with van der Waals surface area (Å²) in [5.41, 5.74) is 1.40. The summed E-state index contributed by atoms with van der Waals surface area (Å²) in [5, 5.41) is 14.2. The lowest BCUT2D eigenvalue weighted by Gasteiger charge is -2.07. The Bertz CT molecular complexity index is 1150. The average Bonchev–Trinajstić information content (AvgIpc) is 3.02. The molecule has 0 atom stereocenters. The number of benzene rings is 1. The maximum absolute atomic E-state index is 12.8. The van der Waals surface area contributed by atoms with Gasteiger partial charge in [-0.25, -0.2) is 4.98 Å². The van der Waals surface area contributed by atoms with Gasteiger partial charge in [0.15, 0.2) is 0 Å². The lowest BCUT2D eigenvalue weighted by molar-refractivity contribution is -0.384. The zero-order valence-corrected chi connectivity index (χ0v) is 17.3. The van der Waals surface area contributed by atoms with Gasteiger partial charge in [-0.2, -0.15) is 0 Å². The van der Waals surface area contributed by atoms with Gasteiger partial charge >= 0.3 is 0 Å². The summed E-state index contributed by atoms with van der Waals surface area (Å²) in [7, 11) is 0. The van der Waals surface area contributed by atoms with Gasteiger partial charge in [-0.15, -0.1) is 11.3 Å². The Morgan fingerprint density at radius 1 is 1.31 bits per heavy atom. The van der Waals surface area contributed by atoms with Gasteiger partial charge in [-0.05, 0) is 31.4 Å². The van der Waals surface area contributed by atoms with E-state index in [1.165, 1.54) is 18.5 Å². The topological polar surface area (TPSA) is 107 Å². The number of fused-ring (bicyclic) bond motifs is 1. The molecule has 3 rings (SSSR count). The second-order valence-electron chi connectivity index (χ2n) is 6.90. The molecular weight excluding hydrogens is 392 g/mol. The largest absolute Gasteiger partial charge is 0.321 e. The highest BCUT2D eigenvalue weighted by Crippen LogP contribution is 2.29. The van der Waals surface area contributed by atoms with Crippen molar-refractivity contribution in [2.24, 2.45) is 0 Å². The third-order valence-corrected chi connectivity index (χ3v) is 6.00. The molecule has 0 aliphatic carbocycles. The minimum Gasteiger partial charge on any atom is -0.321 e. The molecule has 0 aliphatic heterocycles. The molecule has 0 saturated carbocycles. The molecule has 8 nitrogen and oxygen atoms in total. The van der Waals surface area contributed by atoms with Crippen molar-refractivity contribution in [3.63, 3.8) is 0 Å². The van der Waals surface area contributed by atoms with Gasteiger partial charge in [-0.3, -0.25) is 24.3 Å². The van der Waals surface area contributed by atoms with Crippen LogP contribution in [0.2, 0.25) is 0 Å². The first-order valence-electron chi connectivity index (χ1n) is 9.38. The van der Waals surface area contributed by atoms with Gasteiger partial charge in [0.25, 0.3) is 17.2 Å². The molecule has 1 N–H and O–H groups in total. The minimum atomic E-state index is -0.509. The highest BCUT2D eigenvalue weighted by Gasteiger charge is 2.20. The third kappa shape index (κ3) is 4.19. The summed E-state index contributed by atoms with van der Waals surface area (Å²) < 4.78 is 1.59. The Balaban J connectivity index is 1.94. The predicted molar refractivity (Wildman–Crippen MR) is 114 cm³/mol. The minimum absolute atomic E-state index is 0.101. The second kappa shape index (κ2) is 8.52. The number of amides is 1. The second-order valence-corrected chi connectivity index (χ2v) is 7.90. The van der Waals surface area contributed by atoms with Crippen LogP contribution in [0.3, 0.4) is 0 Å². The lowest BCUT2D eigenvalue weighted by atomic mass is 10.1. The number of anilines is 1. The average molecular weight is 414 g/mol. The van der Waals surface area contributed by atoms with Crippen molar-refractivity contribution in [1.29, 1.82) is 0 Å². The molecule has 0 radical (unpaired) electrons. The molecule has 9 heteroatoms. The summed E-state index contributed by atoms with van der Waals surface area (Å²) in [4.78, 5) is 41.4. The van der Waals surface area contributed by atoms with Crippen LogP contribution in [0.25, 0.3) is 10.2 Å². The maximum atomic E-state index is 12.8. The fourth-order valence-corrected chi connectivity index (χ4v) is 4.14. The van der Waals surface area contributed by atoms with E-state index in [2.05, 4.69) is 17.2 Å². The van der Waals surface area contributed by atoms with Gasteiger partial charge in [0.2, 0.25) is 0 Å². The first-order valence-corrected chi connectivity index (χ1v) is 10.2. The van der Waals surface area contributed by atoms with Crippen LogP contribution in [-0.2, 0) is 6.54 Å². The SMILES string of the molecule is CCCCCn1cnc2sc(C(=O)Nc3cc([N+](=O)[O-])ccc3C)c(C)c2c1=O. The van der Waals surface area contributed by atoms with E-state index in [0.29, 0.717) is 38.5 Å². The summed E-state index contributed by atoms with van der Waals surface area (Å²) in [6.45, 7) is 6.18. The molecule has 1 aromatic carbocycles. The molecule has 2 heterocycles. The normalized spacial score (nSPS) is 11.0. The number of unbranched alkanes of at least 4 members (excludes halogenated alkanes) is 2. The number of thiophene rings is 1. The fraction of sp³-hybridized carbons (Fsp3) is 0.350. The number of hydrogen-bond donors (Lipinski definition) is 1. The maximum Gasteiger partial charge on any atom is 0.271 e. The number of nitro groups is 1. The zero-order valence-electron chi connectivity index (χ0n) is 16.5. The van der Waals surface area contributed by atoms with E-state index in [1.807, 2.05) is 0 Å². The lowest BCUT2D eigenvalue weighted by Crippen LogP contribution is -2.20. The molecule has 0 aliphatic rings. The van der Waals surface area contributed by atoms with Crippen LogP contribution in [0.15, 0.2) is 29.3 Å². The number of nitro benzene ring substituents is 1. The Labute approximate surface area is 171 Å². The molecule has 0 unspecified atom stereocenters. The van der Waals surface area contributed by atoms with Crippen molar-refractivity contribution in [2.45, 2.75) is 46.6 Å². The molecule has 0 spiro atoms. The molecule has 3 aromatic rings. The summed E-state index contributed by atoms with van der Waals surface area (Å²) >= 11 is 1.15. The van der Waals surface area contributed by atoms with Crippen LogP contribution < -0.4 is 10.9 Å². The number of hydrogen-bond acceptors (Lipinski definition) is 6. The van der Waals surface area contributed by atoms with Crippen molar-refractivity contribution in [2.75, 3.05) is 5.32 Å². The van der Waals surface area contributed by atoms with E-state index in [0.717, 1.165) is 30.6 Å². The molecule has 152 valence electrons. The number of nitrogens with zero attached hydrogens (tertiary/aromatic N) is 3. The van der Waals surface area contributed by atoms with Crippen molar-refractivity contribution < 1.29 is 9.72 Å². The van der Waals surface area contributed by atoms with Crippen molar-refractivity contribution in [3.8, 4) is 0 Å². The molecule has 0 fully saturated rings. The van der Waals surface area contributed by atoms with Crippen LogP contribution in [0.1, 0.15) is 47.0 Å². The third-order valence-electron chi connectivity index (χ3n) is 4.81. The van der Waals surface area contributed by atoms with E-state index in [1.54, 1.807) is 24.5 Å². The molecule has 1 amide bonds. The zero-order chi connectivity index (χ0) is 21.1. The summed E-state index contributed by atoms with van der Waals surface area (Å²) in [6.07, 6.45) is 4.52. The van der Waals surface area contributed by atoms with Gasteiger partial charge in [0.1, 0.15) is 4.83 Å². The first kappa shape index (κ1) is 20.7. The molecule has 0 saturated heterocycles. The van der Waals surface area contributed by atoms with E-state index < -0.39 is 10.8 Å². The van der Waals surface area contributed by atoms with E-state index in [-0.39, 0.29) is 11.2 Å². The Morgan fingerprint density at radius 3 is 2.76 bits per heavy atom. The van der Waals surface area contributed by atoms with E-state index in [4.69, 9.17) is 0 Å². The smallest absolute Gasteiger partial charge is 0.271 e. The van der Waals surface area contributed by atoms with Gasteiger partial charge in [0, 0.05) is 18.7 Å². The highest BCUT2D eigenvalue weighted by atomic mass is 32.1. The first-order chi connectivity index (χ1) is 13.8. The summed E-state index contributed by atoms with van der Waals surface area (Å²) in [5.74, 6) is -0.411. The van der Waals surface area contributed by atoms with Crippen molar-refractivity contribution in [3.05, 3.63) is 61.0 Å². The number of carbonyl (C=O) groups is 1. The molecule has 29 heavy (non-hydrogen) atoms. The van der Waals surface area contributed by atoms with Gasteiger partial charge in [-0.1, -0.05) is 25.8 Å². The predicted octanol–water partition coefficient (Wildman–Crippen LogP) is 4.43. The number of aromatic nitrogens is 2. The Hall–Kier alpha value is -3.07. The monoisotopic (exact) mass is 414 g/mol. The number of rotatable bonds is 7. The van der Waals surface area contributed by atoms with Crippen LogP contribution in [0.5, 0.6) is 0 Å². The van der Waals surface area contributed by atoms with Crippen LogP contribution >= 0.6 is 11.3 Å². The van der Waals surface area contributed by atoms with Gasteiger partial charge < -0.3 is 5.32 Å². The fourth-order valence-electron chi connectivity index (χ4n) is 3.10. The molecule has 2 aromatic heterocycles. The van der Waals surface area contributed by atoms with Crippen LogP contribution in [0, 0.1) is 24.0 Å². The number of nitrogens with one attached hydrogen (secondary N) is 1. The Morgan fingerprint density at radius 2 is 2.07 bits per heavy atom. The van der Waals surface area contributed by atoms with Crippen molar-refractivity contribution >= 4 is 38.8 Å². The standard InChI is InChI=1S/C20H22N4O4S/c1-4-5-6-9-23-11-21-19-16(20(23)26)13(3)17(29-19)18(25)22-15-10-14(24(27)28)8-7-12(15)2/h7-8,10-11H,4-6,9H2,1-3H3,(H,22,25). The highest BCUT2D eigenvalue weighted by molar-refractivity contribution is 7.20. The quantitative estimate of drug-likeness (QED) is 0.350. The molecule has 0 bridgehead atoms. The van der Waals surface area contributed by atoms with E-state index in [9.17, 15) is 19.7 Å². The molecular formula is C20H22N4O4S. The van der Waals surface area contributed by atoms with Crippen LogP contribution in [-0.4, -0.2) is 20.4 Å². The van der Waals surface area contributed by atoms with Crippen LogP contribution in [0.4, 0.5) is 11.4 Å². The number of carbonyl (C=O) groups excluding carboxylic acids is 1. The van der Waals surface area contributed by atoms with Crippen molar-refractivity contribution in [1.82, 2.24) is 9.55 Å². The summed E-state index contributed by atoms with van der Waals surface area (Å²) in [6, 6.07) is 4.30. The number of aryl methyl sites for hydroxylation is 3. The Kier molecular flexibility index (Phi) is 6.07. The van der Waals surface area contributed by atoms with E-state index >= 15 is 0 Å².